The fourth-order valence-corrected chi connectivity index (χ4v) is 2.92. The fourth-order valence-electron chi connectivity index (χ4n) is 2.92. The van der Waals surface area contributed by atoms with Crippen LogP contribution in [0.5, 0.6) is 0 Å². The van der Waals surface area contributed by atoms with Gasteiger partial charge in [-0.25, -0.2) is 0 Å². The summed E-state index contributed by atoms with van der Waals surface area (Å²) in [5, 5.41) is 0. The number of carbonyl (C=O) groups excluding carboxylic acids is 1. The highest BCUT2D eigenvalue weighted by Gasteiger charge is 2.28. The molecule has 0 bridgehead atoms. The first-order chi connectivity index (χ1) is 8.66. The number of hydrogen-bond acceptors (Lipinski definition) is 3. The van der Waals surface area contributed by atoms with Crippen LogP contribution >= 0.6 is 0 Å². The van der Waals surface area contributed by atoms with Gasteiger partial charge in [0.15, 0.2) is 0 Å². The van der Waals surface area contributed by atoms with Crippen molar-refractivity contribution in [1.82, 2.24) is 9.80 Å². The summed E-state index contributed by atoms with van der Waals surface area (Å²) in [6.07, 6.45) is 5.10. The zero-order valence-electron chi connectivity index (χ0n) is 11.7. The number of nitrogens with zero attached hydrogens (tertiary/aromatic N) is 2. The van der Waals surface area contributed by atoms with Crippen LogP contribution in [0.25, 0.3) is 0 Å². The number of ether oxygens (including phenoxy) is 1. The Morgan fingerprint density at radius 1 is 1.17 bits per heavy atom. The van der Waals surface area contributed by atoms with Crippen LogP contribution in [0.15, 0.2) is 0 Å². The lowest BCUT2D eigenvalue weighted by Crippen LogP contribution is -2.47. The molecule has 0 unspecified atom stereocenters. The first kappa shape index (κ1) is 13.8. The van der Waals surface area contributed by atoms with Gasteiger partial charge in [0.05, 0.1) is 6.10 Å². The molecule has 2 saturated heterocycles. The Hall–Kier alpha value is -0.610. The molecule has 0 aromatic heterocycles. The van der Waals surface area contributed by atoms with Gasteiger partial charge in [-0.1, -0.05) is 0 Å². The smallest absolute Gasteiger partial charge is 0.248 e. The van der Waals surface area contributed by atoms with E-state index in [4.69, 9.17) is 4.74 Å². The molecule has 0 saturated carbocycles. The van der Waals surface area contributed by atoms with Crippen molar-refractivity contribution in [3.8, 4) is 0 Å². The molecule has 2 fully saturated rings. The van der Waals surface area contributed by atoms with E-state index in [1.54, 1.807) is 0 Å². The molecule has 0 N–H and O–H groups in total. The third kappa shape index (κ3) is 3.69. The average molecular weight is 254 g/mol. The Balaban J connectivity index is 1.70. The quantitative estimate of drug-likeness (QED) is 0.762. The second-order valence-corrected chi connectivity index (χ2v) is 5.71. The average Bonchev–Trinajstić information content (AvgIpc) is 2.90. The molecule has 2 aliphatic heterocycles. The van der Waals surface area contributed by atoms with Gasteiger partial charge < -0.3 is 14.5 Å². The standard InChI is InChI=1S/C14H26N2O2/c1-12(2)18-11-14(17)16-9-5-13(6-10-16)15-7-3-4-8-15/h12-13H,3-11H2,1-2H3. The molecule has 0 aliphatic carbocycles. The highest BCUT2D eigenvalue weighted by atomic mass is 16.5. The van der Waals surface area contributed by atoms with Gasteiger partial charge in [0.25, 0.3) is 0 Å². The second-order valence-electron chi connectivity index (χ2n) is 5.71. The number of piperidine rings is 1. The van der Waals surface area contributed by atoms with Gasteiger partial charge in [-0.2, -0.15) is 0 Å². The lowest BCUT2D eigenvalue weighted by molar-refractivity contribution is -0.139. The number of rotatable bonds is 4. The molecule has 18 heavy (non-hydrogen) atoms. The van der Waals surface area contributed by atoms with E-state index < -0.39 is 0 Å². The number of amides is 1. The molecule has 4 nitrogen and oxygen atoms in total. The van der Waals surface area contributed by atoms with Gasteiger partial charge in [0.1, 0.15) is 6.61 Å². The summed E-state index contributed by atoms with van der Waals surface area (Å²) in [4.78, 5) is 16.5. The van der Waals surface area contributed by atoms with E-state index in [1.165, 1.54) is 25.9 Å². The van der Waals surface area contributed by atoms with E-state index in [1.807, 2.05) is 18.7 Å². The molecular formula is C14H26N2O2. The summed E-state index contributed by atoms with van der Waals surface area (Å²) in [6.45, 7) is 8.50. The van der Waals surface area contributed by atoms with Gasteiger partial charge >= 0.3 is 0 Å². The Morgan fingerprint density at radius 3 is 2.33 bits per heavy atom. The molecule has 0 spiro atoms. The minimum atomic E-state index is 0.135. The van der Waals surface area contributed by atoms with Gasteiger partial charge in [-0.15, -0.1) is 0 Å². The van der Waals surface area contributed by atoms with Gasteiger partial charge in [-0.05, 0) is 52.6 Å². The van der Waals surface area contributed by atoms with E-state index in [0.29, 0.717) is 6.04 Å². The normalized spacial score (nSPS) is 22.9. The highest BCUT2D eigenvalue weighted by Crippen LogP contribution is 2.21. The first-order valence-corrected chi connectivity index (χ1v) is 7.30. The monoisotopic (exact) mass is 254 g/mol. The zero-order chi connectivity index (χ0) is 13.0. The minimum Gasteiger partial charge on any atom is -0.369 e. The predicted octanol–water partition coefficient (Wildman–Crippen LogP) is 1.50. The van der Waals surface area contributed by atoms with Gasteiger partial charge in [-0.3, -0.25) is 4.79 Å². The van der Waals surface area contributed by atoms with Gasteiger partial charge in [0, 0.05) is 19.1 Å². The second kappa shape index (κ2) is 6.53. The van der Waals surface area contributed by atoms with Crippen molar-refractivity contribution in [2.24, 2.45) is 0 Å². The van der Waals surface area contributed by atoms with Crippen LogP contribution in [0.4, 0.5) is 0 Å². The van der Waals surface area contributed by atoms with Crippen LogP contribution in [-0.4, -0.2) is 60.6 Å². The summed E-state index contributed by atoms with van der Waals surface area (Å²) >= 11 is 0. The lowest BCUT2D eigenvalue weighted by Gasteiger charge is -2.36. The highest BCUT2D eigenvalue weighted by molar-refractivity contribution is 5.77. The SMILES string of the molecule is CC(C)OCC(=O)N1CCC(N2CCCC2)CC1. The number of likely N-dealkylation sites (tertiary alicyclic amines) is 2. The van der Waals surface area contributed by atoms with Crippen LogP contribution in [0, 0.1) is 0 Å². The summed E-state index contributed by atoms with van der Waals surface area (Å²) in [7, 11) is 0. The molecule has 4 heteroatoms. The molecule has 0 aromatic carbocycles. The summed E-state index contributed by atoms with van der Waals surface area (Å²) < 4.78 is 5.38. The molecule has 2 rings (SSSR count). The maximum absolute atomic E-state index is 11.9. The minimum absolute atomic E-state index is 0.135. The van der Waals surface area contributed by atoms with Crippen molar-refractivity contribution >= 4 is 5.91 Å². The molecule has 0 aromatic rings. The van der Waals surface area contributed by atoms with E-state index in [2.05, 4.69) is 4.90 Å². The molecule has 1 amide bonds. The van der Waals surface area contributed by atoms with Crippen LogP contribution in [0.2, 0.25) is 0 Å². The van der Waals surface area contributed by atoms with Crippen LogP contribution in [-0.2, 0) is 9.53 Å². The molecule has 2 aliphatic rings. The summed E-state index contributed by atoms with van der Waals surface area (Å²) in [6, 6.07) is 0.711. The van der Waals surface area contributed by atoms with E-state index in [-0.39, 0.29) is 18.6 Å². The maximum Gasteiger partial charge on any atom is 0.248 e. The van der Waals surface area contributed by atoms with Crippen molar-refractivity contribution in [2.75, 3.05) is 32.8 Å². The van der Waals surface area contributed by atoms with Gasteiger partial charge in [0.2, 0.25) is 5.91 Å². The molecule has 104 valence electrons. The predicted molar refractivity (Wildman–Crippen MR) is 71.5 cm³/mol. The molecular weight excluding hydrogens is 228 g/mol. The first-order valence-electron chi connectivity index (χ1n) is 7.30. The zero-order valence-corrected chi connectivity index (χ0v) is 11.7. The van der Waals surface area contributed by atoms with Crippen molar-refractivity contribution in [3.05, 3.63) is 0 Å². The fraction of sp³-hybridized carbons (Fsp3) is 0.929. The molecule has 0 atom stereocenters. The van der Waals surface area contributed by atoms with Crippen LogP contribution in [0.3, 0.4) is 0 Å². The Bertz CT molecular complexity index is 267. The van der Waals surface area contributed by atoms with E-state index in [9.17, 15) is 4.79 Å². The van der Waals surface area contributed by atoms with Crippen molar-refractivity contribution in [2.45, 2.75) is 51.7 Å². The summed E-state index contributed by atoms with van der Waals surface area (Å²) in [5.41, 5.74) is 0. The number of hydrogen-bond donors (Lipinski definition) is 0. The van der Waals surface area contributed by atoms with Crippen molar-refractivity contribution < 1.29 is 9.53 Å². The number of carbonyl (C=O) groups is 1. The third-order valence-corrected chi connectivity index (χ3v) is 4.01. The maximum atomic E-state index is 11.9. The van der Waals surface area contributed by atoms with E-state index in [0.717, 1.165) is 25.9 Å². The van der Waals surface area contributed by atoms with Crippen LogP contribution in [0.1, 0.15) is 39.5 Å². The molecule has 0 radical (unpaired) electrons. The van der Waals surface area contributed by atoms with Crippen molar-refractivity contribution in [1.29, 1.82) is 0 Å². The Labute approximate surface area is 110 Å². The Kier molecular flexibility index (Phi) is 5.01. The van der Waals surface area contributed by atoms with E-state index >= 15 is 0 Å². The largest absolute Gasteiger partial charge is 0.369 e. The molecule has 2 heterocycles. The lowest BCUT2D eigenvalue weighted by atomic mass is 10.0. The van der Waals surface area contributed by atoms with Crippen molar-refractivity contribution in [3.63, 3.8) is 0 Å². The topological polar surface area (TPSA) is 32.8 Å². The Morgan fingerprint density at radius 2 is 1.78 bits per heavy atom. The van der Waals surface area contributed by atoms with Crippen LogP contribution < -0.4 is 0 Å². The third-order valence-electron chi connectivity index (χ3n) is 4.01. The summed E-state index contributed by atoms with van der Waals surface area (Å²) in [5.74, 6) is 0.156.